The van der Waals surface area contributed by atoms with E-state index in [-0.39, 0.29) is 5.78 Å². The summed E-state index contributed by atoms with van der Waals surface area (Å²) >= 11 is 6.20. The summed E-state index contributed by atoms with van der Waals surface area (Å²) in [5, 5.41) is 0.446. The molecular formula is C21H15ClN4O. The molecule has 0 aliphatic rings. The normalized spacial score (nSPS) is 10.7. The molecule has 1 aromatic carbocycles. The molecule has 0 fully saturated rings. The number of carbonyl (C=O) groups excluding carboxylic acids is 1. The third-order valence-electron chi connectivity index (χ3n) is 4.25. The first-order chi connectivity index (χ1) is 13.1. The molecule has 4 rings (SSSR count). The van der Waals surface area contributed by atoms with Gasteiger partial charge in [-0.1, -0.05) is 29.8 Å². The molecule has 4 aromatic rings. The molecule has 0 N–H and O–H groups in total. The molecule has 0 aliphatic heterocycles. The van der Waals surface area contributed by atoms with Gasteiger partial charge < -0.3 is 4.57 Å². The van der Waals surface area contributed by atoms with Crippen molar-refractivity contribution in [2.45, 2.75) is 6.92 Å². The number of imidazole rings is 1. The van der Waals surface area contributed by atoms with Crippen molar-refractivity contribution in [2.24, 2.45) is 0 Å². The summed E-state index contributed by atoms with van der Waals surface area (Å²) in [5.41, 5.74) is 4.25. The predicted molar refractivity (Wildman–Crippen MR) is 104 cm³/mol. The average molecular weight is 375 g/mol. The Morgan fingerprint density at radius 1 is 1.00 bits per heavy atom. The lowest BCUT2D eigenvalue weighted by atomic mass is 10.1. The highest BCUT2D eigenvalue weighted by molar-refractivity contribution is 6.32. The summed E-state index contributed by atoms with van der Waals surface area (Å²) in [6.45, 7) is 1.86. The first-order valence-electron chi connectivity index (χ1n) is 8.35. The van der Waals surface area contributed by atoms with Crippen molar-refractivity contribution in [2.75, 3.05) is 0 Å². The van der Waals surface area contributed by atoms with Gasteiger partial charge in [-0.25, -0.2) is 9.97 Å². The summed E-state index contributed by atoms with van der Waals surface area (Å²) in [6.07, 6.45) is 6.59. The second kappa shape index (κ2) is 7.13. The van der Waals surface area contributed by atoms with E-state index in [9.17, 15) is 4.79 Å². The van der Waals surface area contributed by atoms with Gasteiger partial charge in [-0.3, -0.25) is 9.78 Å². The van der Waals surface area contributed by atoms with Crippen LogP contribution in [0.2, 0.25) is 5.15 Å². The zero-order chi connectivity index (χ0) is 18.8. The minimum Gasteiger partial charge on any atom is -0.306 e. The second-order valence-electron chi connectivity index (χ2n) is 6.06. The van der Waals surface area contributed by atoms with E-state index in [0.717, 1.165) is 22.4 Å². The topological polar surface area (TPSA) is 60.7 Å². The van der Waals surface area contributed by atoms with Crippen LogP contribution in [0.3, 0.4) is 0 Å². The summed E-state index contributed by atoms with van der Waals surface area (Å²) in [7, 11) is 0. The van der Waals surface area contributed by atoms with Crippen LogP contribution in [-0.2, 0) is 0 Å². The Hall–Kier alpha value is -3.31. The Morgan fingerprint density at radius 3 is 2.63 bits per heavy atom. The highest BCUT2D eigenvalue weighted by atomic mass is 35.5. The molecule has 0 bridgehead atoms. The standard InChI is InChI=1S/C21H15ClN4O/c1-14-5-3-9-23-19(14)20(27)18-12-26(13-25-18)16-7-2-6-15(11-16)17-8-4-10-24-21(17)22/h2-13H,1H3. The number of carbonyl (C=O) groups is 1. The number of hydrogen-bond acceptors (Lipinski definition) is 4. The Kier molecular flexibility index (Phi) is 4.52. The van der Waals surface area contributed by atoms with Crippen LogP contribution in [0.4, 0.5) is 0 Å². The smallest absolute Gasteiger partial charge is 0.231 e. The average Bonchev–Trinajstić information content (AvgIpc) is 3.19. The lowest BCUT2D eigenvalue weighted by Crippen LogP contribution is -2.06. The number of ketones is 1. The quantitative estimate of drug-likeness (QED) is 0.389. The molecule has 0 unspecified atom stereocenters. The maximum Gasteiger partial charge on any atom is 0.231 e. The van der Waals surface area contributed by atoms with E-state index in [1.165, 1.54) is 0 Å². The van der Waals surface area contributed by atoms with Gasteiger partial charge in [-0.05, 0) is 48.4 Å². The number of nitrogens with zero attached hydrogens (tertiary/aromatic N) is 4. The Morgan fingerprint density at radius 2 is 1.81 bits per heavy atom. The fourth-order valence-corrected chi connectivity index (χ4v) is 3.09. The van der Waals surface area contributed by atoms with Gasteiger partial charge in [0.05, 0.1) is 0 Å². The summed E-state index contributed by atoms with van der Waals surface area (Å²) in [6, 6.07) is 15.2. The Bertz CT molecular complexity index is 1140. The van der Waals surface area contributed by atoms with Crippen LogP contribution in [0.5, 0.6) is 0 Å². The van der Waals surface area contributed by atoms with Crippen LogP contribution in [0.25, 0.3) is 16.8 Å². The van der Waals surface area contributed by atoms with Crippen molar-refractivity contribution in [3.8, 4) is 16.8 Å². The third kappa shape index (κ3) is 3.37. The van der Waals surface area contributed by atoms with Gasteiger partial charge in [0, 0.05) is 29.8 Å². The number of aryl methyl sites for hydroxylation is 1. The molecule has 0 radical (unpaired) electrons. The van der Waals surface area contributed by atoms with E-state index in [4.69, 9.17) is 11.6 Å². The van der Waals surface area contributed by atoms with Crippen molar-refractivity contribution >= 4 is 17.4 Å². The zero-order valence-corrected chi connectivity index (χ0v) is 15.3. The Balaban J connectivity index is 1.68. The zero-order valence-electron chi connectivity index (χ0n) is 14.5. The van der Waals surface area contributed by atoms with Crippen LogP contribution in [0.15, 0.2) is 73.4 Å². The summed E-state index contributed by atoms with van der Waals surface area (Å²) < 4.78 is 1.80. The monoisotopic (exact) mass is 374 g/mol. The van der Waals surface area contributed by atoms with E-state index in [1.54, 1.807) is 35.6 Å². The van der Waals surface area contributed by atoms with Crippen LogP contribution in [0, 0.1) is 6.92 Å². The Labute approximate surface area is 161 Å². The molecule has 0 aliphatic carbocycles. The molecule has 0 saturated carbocycles. The van der Waals surface area contributed by atoms with E-state index in [1.807, 2.05) is 49.4 Å². The van der Waals surface area contributed by atoms with E-state index in [2.05, 4.69) is 15.0 Å². The van der Waals surface area contributed by atoms with Gasteiger partial charge >= 0.3 is 0 Å². The number of pyridine rings is 2. The predicted octanol–water partition coefficient (Wildman–Crippen LogP) is 4.52. The molecule has 3 heterocycles. The minimum atomic E-state index is -0.196. The van der Waals surface area contributed by atoms with Gasteiger partial charge in [-0.2, -0.15) is 0 Å². The lowest BCUT2D eigenvalue weighted by Gasteiger charge is -2.07. The largest absolute Gasteiger partial charge is 0.306 e. The summed E-state index contributed by atoms with van der Waals surface area (Å²) in [4.78, 5) is 25.2. The fourth-order valence-electron chi connectivity index (χ4n) is 2.86. The van der Waals surface area contributed by atoms with Crippen molar-refractivity contribution in [3.05, 3.63) is 95.6 Å². The molecule has 0 spiro atoms. The maximum absolute atomic E-state index is 12.7. The molecule has 6 heteroatoms. The van der Waals surface area contributed by atoms with Crippen molar-refractivity contribution in [1.82, 2.24) is 19.5 Å². The lowest BCUT2D eigenvalue weighted by molar-refractivity contribution is 0.102. The van der Waals surface area contributed by atoms with Crippen molar-refractivity contribution < 1.29 is 4.79 Å². The highest BCUT2D eigenvalue weighted by Gasteiger charge is 2.16. The molecule has 3 aromatic heterocycles. The number of halogens is 1. The number of hydrogen-bond donors (Lipinski definition) is 0. The van der Waals surface area contributed by atoms with Crippen LogP contribution < -0.4 is 0 Å². The van der Waals surface area contributed by atoms with Gasteiger partial charge in [0.2, 0.25) is 5.78 Å². The first kappa shape index (κ1) is 17.1. The molecule has 0 amide bonds. The van der Waals surface area contributed by atoms with Gasteiger partial charge in [0.15, 0.2) is 0 Å². The molecular weight excluding hydrogens is 360 g/mol. The molecule has 0 atom stereocenters. The molecule has 27 heavy (non-hydrogen) atoms. The van der Waals surface area contributed by atoms with E-state index in [0.29, 0.717) is 16.5 Å². The number of rotatable bonds is 4. The second-order valence-corrected chi connectivity index (χ2v) is 6.41. The van der Waals surface area contributed by atoms with Gasteiger partial charge in [-0.15, -0.1) is 0 Å². The van der Waals surface area contributed by atoms with Gasteiger partial charge in [0.1, 0.15) is 22.9 Å². The first-order valence-corrected chi connectivity index (χ1v) is 8.73. The van der Waals surface area contributed by atoms with Gasteiger partial charge in [0.25, 0.3) is 0 Å². The minimum absolute atomic E-state index is 0.196. The van der Waals surface area contributed by atoms with E-state index < -0.39 is 0 Å². The highest BCUT2D eigenvalue weighted by Crippen LogP contribution is 2.27. The maximum atomic E-state index is 12.7. The van der Waals surface area contributed by atoms with Crippen molar-refractivity contribution in [1.29, 1.82) is 0 Å². The summed E-state index contributed by atoms with van der Waals surface area (Å²) in [5.74, 6) is -0.196. The fraction of sp³-hybridized carbons (Fsp3) is 0.0476. The van der Waals surface area contributed by atoms with E-state index >= 15 is 0 Å². The van der Waals surface area contributed by atoms with Crippen molar-refractivity contribution in [3.63, 3.8) is 0 Å². The molecule has 5 nitrogen and oxygen atoms in total. The number of aromatic nitrogens is 4. The van der Waals surface area contributed by atoms with Crippen LogP contribution in [-0.4, -0.2) is 25.3 Å². The van der Waals surface area contributed by atoms with Crippen LogP contribution >= 0.6 is 11.6 Å². The number of benzene rings is 1. The third-order valence-corrected chi connectivity index (χ3v) is 4.56. The molecule has 132 valence electrons. The SMILES string of the molecule is Cc1cccnc1C(=O)c1cn(-c2cccc(-c3cccnc3Cl)c2)cn1. The molecule has 0 saturated heterocycles. The van der Waals surface area contributed by atoms with Crippen LogP contribution in [0.1, 0.15) is 21.7 Å².